The molecule has 1 aliphatic rings. The normalized spacial score (nSPS) is 23.4. The fourth-order valence-electron chi connectivity index (χ4n) is 2.54. The molecule has 0 radical (unpaired) electrons. The molecule has 2 unspecified atom stereocenters. The molecule has 2 rings (SSSR count). The predicted octanol–water partition coefficient (Wildman–Crippen LogP) is 2.24. The maximum absolute atomic E-state index is 12.3. The lowest BCUT2D eigenvalue weighted by atomic mass is 9.87. The summed E-state index contributed by atoms with van der Waals surface area (Å²) < 4.78 is 27.3. The SMILES string of the molecule is CC1CCCCC1NS(=O)(=O)c1ccc(C(=O)O)cc1. The molecule has 1 aliphatic carbocycles. The lowest BCUT2D eigenvalue weighted by Gasteiger charge is -2.29. The number of benzene rings is 1. The van der Waals surface area contributed by atoms with E-state index in [0.29, 0.717) is 5.92 Å². The summed E-state index contributed by atoms with van der Waals surface area (Å²) in [6, 6.07) is 5.24. The first-order valence-corrected chi connectivity index (χ1v) is 8.24. The van der Waals surface area contributed by atoms with Gasteiger partial charge in [0.05, 0.1) is 10.5 Å². The second-order valence-corrected chi connectivity index (χ2v) is 7.03. The van der Waals surface area contributed by atoms with Gasteiger partial charge in [0.1, 0.15) is 0 Å². The van der Waals surface area contributed by atoms with Crippen molar-refractivity contribution in [3.63, 3.8) is 0 Å². The summed E-state index contributed by atoms with van der Waals surface area (Å²) in [7, 11) is -3.58. The fourth-order valence-corrected chi connectivity index (χ4v) is 3.91. The summed E-state index contributed by atoms with van der Waals surface area (Å²) in [6.07, 6.45) is 4.07. The molecule has 110 valence electrons. The van der Waals surface area contributed by atoms with Gasteiger partial charge in [0.15, 0.2) is 0 Å². The number of hydrogen-bond donors (Lipinski definition) is 2. The maximum Gasteiger partial charge on any atom is 0.335 e. The van der Waals surface area contributed by atoms with Gasteiger partial charge in [-0.25, -0.2) is 17.9 Å². The average molecular weight is 297 g/mol. The first-order valence-electron chi connectivity index (χ1n) is 6.76. The van der Waals surface area contributed by atoms with E-state index in [-0.39, 0.29) is 16.5 Å². The van der Waals surface area contributed by atoms with E-state index in [0.717, 1.165) is 25.7 Å². The number of hydrogen-bond acceptors (Lipinski definition) is 3. The molecular weight excluding hydrogens is 278 g/mol. The van der Waals surface area contributed by atoms with E-state index < -0.39 is 16.0 Å². The average Bonchev–Trinajstić information content (AvgIpc) is 2.41. The zero-order valence-electron chi connectivity index (χ0n) is 11.4. The number of carboxylic acids is 1. The molecule has 0 spiro atoms. The minimum Gasteiger partial charge on any atom is -0.478 e. The molecule has 0 amide bonds. The van der Waals surface area contributed by atoms with Crippen LogP contribution in [0.2, 0.25) is 0 Å². The third-order valence-electron chi connectivity index (χ3n) is 3.83. The lowest BCUT2D eigenvalue weighted by Crippen LogP contribution is -2.40. The van der Waals surface area contributed by atoms with Gasteiger partial charge in [0.25, 0.3) is 0 Å². The molecule has 0 aromatic heterocycles. The Labute approximate surface area is 119 Å². The Morgan fingerprint density at radius 1 is 1.20 bits per heavy atom. The molecule has 2 atom stereocenters. The topological polar surface area (TPSA) is 83.5 Å². The predicted molar refractivity (Wildman–Crippen MR) is 75.1 cm³/mol. The van der Waals surface area contributed by atoms with E-state index in [2.05, 4.69) is 11.6 Å². The van der Waals surface area contributed by atoms with Crippen LogP contribution in [0.3, 0.4) is 0 Å². The van der Waals surface area contributed by atoms with Gasteiger partial charge in [0, 0.05) is 6.04 Å². The molecule has 0 saturated heterocycles. The summed E-state index contributed by atoms with van der Waals surface area (Å²) in [6.45, 7) is 2.06. The maximum atomic E-state index is 12.3. The van der Waals surface area contributed by atoms with Crippen molar-refractivity contribution in [1.29, 1.82) is 0 Å². The quantitative estimate of drug-likeness (QED) is 0.892. The van der Waals surface area contributed by atoms with Crippen molar-refractivity contribution in [2.24, 2.45) is 5.92 Å². The van der Waals surface area contributed by atoms with Crippen molar-refractivity contribution < 1.29 is 18.3 Å². The molecule has 1 aromatic rings. The summed E-state index contributed by atoms with van der Waals surface area (Å²) in [4.78, 5) is 10.9. The standard InChI is InChI=1S/C14H19NO4S/c1-10-4-2-3-5-13(10)15-20(18,19)12-8-6-11(7-9-12)14(16)17/h6-10,13,15H,2-5H2,1H3,(H,16,17). The Kier molecular flexibility index (Phi) is 4.45. The molecule has 1 fully saturated rings. The minimum absolute atomic E-state index is 0.0344. The van der Waals surface area contributed by atoms with Gasteiger partial charge < -0.3 is 5.11 Å². The highest BCUT2D eigenvalue weighted by Gasteiger charge is 2.26. The Balaban J connectivity index is 2.15. The number of aromatic carboxylic acids is 1. The van der Waals surface area contributed by atoms with Crippen molar-refractivity contribution >= 4 is 16.0 Å². The molecular formula is C14H19NO4S. The molecule has 20 heavy (non-hydrogen) atoms. The van der Waals surface area contributed by atoms with E-state index in [9.17, 15) is 13.2 Å². The number of nitrogens with one attached hydrogen (secondary N) is 1. The first kappa shape index (κ1) is 15.0. The van der Waals surface area contributed by atoms with Crippen LogP contribution in [0.5, 0.6) is 0 Å². The summed E-state index contributed by atoms with van der Waals surface area (Å²) >= 11 is 0. The van der Waals surface area contributed by atoms with Crippen molar-refractivity contribution in [3.05, 3.63) is 29.8 Å². The van der Waals surface area contributed by atoms with Gasteiger partial charge in [-0.05, 0) is 43.0 Å². The molecule has 1 aromatic carbocycles. The van der Waals surface area contributed by atoms with Gasteiger partial charge in [-0.15, -0.1) is 0 Å². The highest BCUT2D eigenvalue weighted by atomic mass is 32.2. The summed E-state index contributed by atoms with van der Waals surface area (Å²) in [5, 5.41) is 8.81. The van der Waals surface area contributed by atoms with Crippen LogP contribution in [0.4, 0.5) is 0 Å². The Morgan fingerprint density at radius 3 is 2.35 bits per heavy atom. The van der Waals surface area contributed by atoms with Crippen molar-refractivity contribution in [3.8, 4) is 0 Å². The molecule has 6 heteroatoms. The van der Waals surface area contributed by atoms with E-state index in [4.69, 9.17) is 5.11 Å². The largest absolute Gasteiger partial charge is 0.478 e. The van der Waals surface area contributed by atoms with Crippen molar-refractivity contribution in [2.45, 2.75) is 43.5 Å². The number of carboxylic acid groups (broad SMARTS) is 1. The van der Waals surface area contributed by atoms with Crippen molar-refractivity contribution in [1.82, 2.24) is 4.72 Å². The first-order chi connectivity index (χ1) is 9.40. The molecule has 5 nitrogen and oxygen atoms in total. The smallest absolute Gasteiger partial charge is 0.335 e. The molecule has 0 heterocycles. The Hall–Kier alpha value is -1.40. The Bertz CT molecular complexity index is 580. The third kappa shape index (κ3) is 3.37. The highest BCUT2D eigenvalue weighted by molar-refractivity contribution is 7.89. The van der Waals surface area contributed by atoms with Crippen LogP contribution < -0.4 is 4.72 Å². The summed E-state index contributed by atoms with van der Waals surface area (Å²) in [5.74, 6) is -0.736. The monoisotopic (exact) mass is 297 g/mol. The number of rotatable bonds is 4. The van der Waals surface area contributed by atoms with Gasteiger partial charge in [-0.3, -0.25) is 0 Å². The molecule has 1 saturated carbocycles. The highest BCUT2D eigenvalue weighted by Crippen LogP contribution is 2.25. The van der Waals surface area contributed by atoms with E-state index in [1.807, 2.05) is 0 Å². The number of carbonyl (C=O) groups is 1. The minimum atomic E-state index is -3.58. The zero-order valence-corrected chi connectivity index (χ0v) is 12.2. The van der Waals surface area contributed by atoms with Crippen LogP contribution in [0.25, 0.3) is 0 Å². The van der Waals surface area contributed by atoms with E-state index >= 15 is 0 Å². The molecule has 2 N–H and O–H groups in total. The van der Waals surface area contributed by atoms with Gasteiger partial charge in [0.2, 0.25) is 10.0 Å². The second-order valence-electron chi connectivity index (χ2n) is 5.32. The van der Waals surface area contributed by atoms with Crippen molar-refractivity contribution in [2.75, 3.05) is 0 Å². The van der Waals surface area contributed by atoms with Gasteiger partial charge >= 0.3 is 5.97 Å². The van der Waals surface area contributed by atoms with Crippen LogP contribution in [0.1, 0.15) is 43.0 Å². The van der Waals surface area contributed by atoms with E-state index in [1.54, 1.807) is 0 Å². The van der Waals surface area contributed by atoms with Crippen LogP contribution >= 0.6 is 0 Å². The van der Waals surface area contributed by atoms with Gasteiger partial charge in [-0.2, -0.15) is 0 Å². The second kappa shape index (κ2) is 5.93. The van der Waals surface area contributed by atoms with Crippen LogP contribution in [0, 0.1) is 5.92 Å². The number of sulfonamides is 1. The molecule has 0 bridgehead atoms. The zero-order chi connectivity index (χ0) is 14.8. The van der Waals surface area contributed by atoms with Crippen LogP contribution in [-0.4, -0.2) is 25.5 Å². The van der Waals surface area contributed by atoms with Crippen LogP contribution in [0.15, 0.2) is 29.2 Å². The third-order valence-corrected chi connectivity index (χ3v) is 5.34. The fraction of sp³-hybridized carbons (Fsp3) is 0.500. The van der Waals surface area contributed by atoms with E-state index in [1.165, 1.54) is 24.3 Å². The lowest BCUT2D eigenvalue weighted by molar-refractivity contribution is 0.0696. The van der Waals surface area contributed by atoms with Crippen LogP contribution in [-0.2, 0) is 10.0 Å². The van der Waals surface area contributed by atoms with Gasteiger partial charge in [-0.1, -0.05) is 19.8 Å². The Morgan fingerprint density at radius 2 is 1.80 bits per heavy atom. The summed E-state index contributed by atoms with van der Waals surface area (Å²) in [5.41, 5.74) is 0.0787. The molecule has 0 aliphatic heterocycles.